The first kappa shape index (κ1) is 14.9. The Labute approximate surface area is 128 Å². The van der Waals surface area contributed by atoms with Gasteiger partial charge in [-0.1, -0.05) is 12.1 Å². The van der Waals surface area contributed by atoms with E-state index in [1.165, 1.54) is 17.7 Å². The highest BCUT2D eigenvalue weighted by molar-refractivity contribution is 7.80. The van der Waals surface area contributed by atoms with E-state index in [2.05, 4.69) is 10.6 Å². The lowest BCUT2D eigenvalue weighted by molar-refractivity contribution is -0.384. The number of anilines is 2. The normalized spacial score (nSPS) is 10.0. The van der Waals surface area contributed by atoms with Gasteiger partial charge in [0.25, 0.3) is 5.69 Å². The number of benzene rings is 2. The molecule has 2 rings (SSSR count). The molecular formula is C15H15N3O2S. The average Bonchev–Trinajstić information content (AvgIpc) is 2.44. The zero-order valence-corrected chi connectivity index (χ0v) is 12.5. The van der Waals surface area contributed by atoms with Crippen LogP contribution in [0.2, 0.25) is 0 Å². The third-order valence-electron chi connectivity index (χ3n) is 3.19. The molecule has 0 spiro atoms. The van der Waals surface area contributed by atoms with Gasteiger partial charge in [-0.25, -0.2) is 0 Å². The number of hydrogen-bond acceptors (Lipinski definition) is 3. The van der Waals surface area contributed by atoms with Gasteiger partial charge in [-0.15, -0.1) is 0 Å². The number of thiocarbonyl (C=S) groups is 1. The minimum absolute atomic E-state index is 0.0500. The Kier molecular flexibility index (Phi) is 4.49. The fourth-order valence-corrected chi connectivity index (χ4v) is 2.07. The van der Waals surface area contributed by atoms with E-state index in [0.29, 0.717) is 10.8 Å². The van der Waals surface area contributed by atoms with Crippen LogP contribution in [0.15, 0.2) is 42.5 Å². The first-order valence-electron chi connectivity index (χ1n) is 6.36. The Morgan fingerprint density at radius 2 is 1.76 bits per heavy atom. The van der Waals surface area contributed by atoms with E-state index in [1.807, 2.05) is 32.0 Å². The highest BCUT2D eigenvalue weighted by atomic mass is 32.1. The maximum atomic E-state index is 10.6. The number of nitro groups is 1. The lowest BCUT2D eigenvalue weighted by Gasteiger charge is -2.13. The molecule has 0 aliphatic heterocycles. The summed E-state index contributed by atoms with van der Waals surface area (Å²) < 4.78 is 0. The molecule has 2 aromatic rings. The minimum atomic E-state index is -0.434. The maximum absolute atomic E-state index is 10.6. The second-order valence-corrected chi connectivity index (χ2v) is 5.04. The van der Waals surface area contributed by atoms with Crippen LogP contribution in [-0.4, -0.2) is 10.0 Å². The summed E-state index contributed by atoms with van der Waals surface area (Å²) in [5.41, 5.74) is 4.00. The van der Waals surface area contributed by atoms with Crippen LogP contribution in [0, 0.1) is 24.0 Å². The predicted molar refractivity (Wildman–Crippen MR) is 88.9 cm³/mol. The number of non-ortho nitro benzene ring substituents is 1. The number of aryl methyl sites for hydroxylation is 1. The molecule has 0 aliphatic carbocycles. The molecule has 0 aromatic heterocycles. The molecule has 0 heterocycles. The molecule has 0 fully saturated rings. The lowest BCUT2D eigenvalue weighted by Crippen LogP contribution is -2.19. The number of hydrogen-bond donors (Lipinski definition) is 2. The van der Waals surface area contributed by atoms with Crippen LogP contribution in [0.5, 0.6) is 0 Å². The van der Waals surface area contributed by atoms with E-state index in [0.717, 1.165) is 11.3 Å². The van der Waals surface area contributed by atoms with Crippen LogP contribution in [0.3, 0.4) is 0 Å². The molecule has 2 N–H and O–H groups in total. The Balaban J connectivity index is 2.04. The Morgan fingerprint density at radius 3 is 2.38 bits per heavy atom. The van der Waals surface area contributed by atoms with Gasteiger partial charge in [0.15, 0.2) is 5.11 Å². The summed E-state index contributed by atoms with van der Waals surface area (Å²) >= 11 is 5.25. The van der Waals surface area contributed by atoms with Crippen LogP contribution in [0.25, 0.3) is 0 Å². The van der Waals surface area contributed by atoms with Crippen molar-refractivity contribution in [3.8, 4) is 0 Å². The van der Waals surface area contributed by atoms with Crippen molar-refractivity contribution in [2.24, 2.45) is 0 Å². The summed E-state index contributed by atoms with van der Waals surface area (Å²) in [4.78, 5) is 10.2. The Morgan fingerprint density at radius 1 is 1.10 bits per heavy atom. The molecule has 0 saturated carbocycles. The fourth-order valence-electron chi connectivity index (χ4n) is 1.84. The topological polar surface area (TPSA) is 67.2 Å². The van der Waals surface area contributed by atoms with E-state index in [4.69, 9.17) is 12.2 Å². The summed E-state index contributed by atoms with van der Waals surface area (Å²) in [6, 6.07) is 12.1. The molecule has 0 aliphatic rings. The van der Waals surface area contributed by atoms with Gasteiger partial charge in [0.2, 0.25) is 0 Å². The van der Waals surface area contributed by atoms with Gasteiger partial charge in [0.05, 0.1) is 4.92 Å². The highest BCUT2D eigenvalue weighted by Gasteiger charge is 2.06. The second-order valence-electron chi connectivity index (χ2n) is 4.63. The quantitative estimate of drug-likeness (QED) is 0.509. The molecule has 0 saturated heterocycles. The summed E-state index contributed by atoms with van der Waals surface area (Å²) in [6.45, 7) is 4.06. The molecule has 21 heavy (non-hydrogen) atoms. The number of nitro benzene ring substituents is 1. The number of nitrogens with one attached hydrogen (secondary N) is 2. The molecule has 108 valence electrons. The lowest BCUT2D eigenvalue weighted by atomic mass is 10.1. The molecule has 0 amide bonds. The minimum Gasteiger partial charge on any atom is -0.332 e. The first-order valence-corrected chi connectivity index (χ1v) is 6.77. The van der Waals surface area contributed by atoms with E-state index >= 15 is 0 Å². The first-order chi connectivity index (χ1) is 9.97. The third-order valence-corrected chi connectivity index (χ3v) is 3.39. The molecule has 0 atom stereocenters. The average molecular weight is 301 g/mol. The van der Waals surface area contributed by atoms with Gasteiger partial charge < -0.3 is 10.6 Å². The third kappa shape index (κ3) is 3.76. The van der Waals surface area contributed by atoms with Gasteiger partial charge in [0.1, 0.15) is 0 Å². The van der Waals surface area contributed by atoms with E-state index in [1.54, 1.807) is 12.1 Å². The van der Waals surface area contributed by atoms with Crippen molar-refractivity contribution in [3.63, 3.8) is 0 Å². The second kappa shape index (κ2) is 6.32. The number of rotatable bonds is 3. The monoisotopic (exact) mass is 301 g/mol. The van der Waals surface area contributed by atoms with Gasteiger partial charge >= 0.3 is 0 Å². The van der Waals surface area contributed by atoms with Crippen LogP contribution in [0.1, 0.15) is 11.1 Å². The van der Waals surface area contributed by atoms with Gasteiger partial charge in [-0.3, -0.25) is 10.1 Å². The zero-order chi connectivity index (χ0) is 15.4. The van der Waals surface area contributed by atoms with E-state index in [9.17, 15) is 10.1 Å². The van der Waals surface area contributed by atoms with Crippen molar-refractivity contribution in [3.05, 3.63) is 63.7 Å². The van der Waals surface area contributed by atoms with Gasteiger partial charge in [-0.05, 0) is 55.4 Å². The van der Waals surface area contributed by atoms with Crippen molar-refractivity contribution < 1.29 is 4.92 Å². The summed E-state index contributed by atoms with van der Waals surface area (Å²) in [6.07, 6.45) is 0. The molecular weight excluding hydrogens is 286 g/mol. The Hall–Kier alpha value is -2.47. The molecule has 0 bridgehead atoms. The van der Waals surface area contributed by atoms with Gasteiger partial charge in [-0.2, -0.15) is 0 Å². The van der Waals surface area contributed by atoms with Crippen molar-refractivity contribution in [2.75, 3.05) is 10.6 Å². The van der Waals surface area contributed by atoms with Crippen LogP contribution >= 0.6 is 12.2 Å². The van der Waals surface area contributed by atoms with Crippen LogP contribution in [-0.2, 0) is 0 Å². The van der Waals surface area contributed by atoms with Crippen molar-refractivity contribution >= 4 is 34.4 Å². The van der Waals surface area contributed by atoms with E-state index in [-0.39, 0.29) is 5.69 Å². The SMILES string of the molecule is Cc1cccc(NC(=S)Nc2ccc([N+](=O)[O-])cc2)c1C. The molecule has 0 unspecified atom stereocenters. The smallest absolute Gasteiger partial charge is 0.269 e. The molecule has 6 heteroatoms. The van der Waals surface area contributed by atoms with Crippen LogP contribution in [0.4, 0.5) is 17.1 Å². The fraction of sp³-hybridized carbons (Fsp3) is 0.133. The standard InChI is InChI=1S/C15H15N3O2S/c1-10-4-3-5-14(11(10)2)17-15(21)16-12-6-8-13(9-7-12)18(19)20/h3-9H,1-2H3,(H2,16,17,21). The molecule has 5 nitrogen and oxygen atoms in total. The molecule has 0 radical (unpaired) electrons. The van der Waals surface area contributed by atoms with Crippen molar-refractivity contribution in [1.29, 1.82) is 0 Å². The maximum Gasteiger partial charge on any atom is 0.269 e. The highest BCUT2D eigenvalue weighted by Crippen LogP contribution is 2.19. The summed E-state index contributed by atoms with van der Waals surface area (Å²) in [5, 5.41) is 17.2. The van der Waals surface area contributed by atoms with Crippen LogP contribution < -0.4 is 10.6 Å². The zero-order valence-electron chi connectivity index (χ0n) is 11.7. The van der Waals surface area contributed by atoms with Crippen molar-refractivity contribution in [2.45, 2.75) is 13.8 Å². The summed E-state index contributed by atoms with van der Waals surface area (Å²) in [5.74, 6) is 0. The largest absolute Gasteiger partial charge is 0.332 e. The van der Waals surface area contributed by atoms with E-state index < -0.39 is 4.92 Å². The predicted octanol–water partition coefficient (Wildman–Crippen LogP) is 4.02. The summed E-state index contributed by atoms with van der Waals surface area (Å²) in [7, 11) is 0. The van der Waals surface area contributed by atoms with Gasteiger partial charge in [0, 0.05) is 23.5 Å². The Bertz CT molecular complexity index is 684. The number of nitrogens with zero attached hydrogens (tertiary/aromatic N) is 1. The van der Waals surface area contributed by atoms with Crippen molar-refractivity contribution in [1.82, 2.24) is 0 Å². The molecule has 2 aromatic carbocycles.